The minimum absolute atomic E-state index is 0.0129. The van der Waals surface area contributed by atoms with Gasteiger partial charge < -0.3 is 5.32 Å². The molecule has 2 aliphatic rings. The maximum atomic E-state index is 12.0. The van der Waals surface area contributed by atoms with Crippen LogP contribution in [0.3, 0.4) is 0 Å². The molecule has 0 unspecified atom stereocenters. The van der Waals surface area contributed by atoms with Crippen LogP contribution in [0.1, 0.15) is 35.1 Å². The molecule has 36 heavy (non-hydrogen) atoms. The second-order valence-electron chi connectivity index (χ2n) is 8.99. The highest BCUT2D eigenvalue weighted by Crippen LogP contribution is 2.60. The van der Waals surface area contributed by atoms with E-state index in [-0.39, 0.29) is 39.4 Å². The van der Waals surface area contributed by atoms with Gasteiger partial charge in [-0.1, -0.05) is 47.5 Å². The van der Waals surface area contributed by atoms with Gasteiger partial charge in [0.2, 0.25) is 0 Å². The van der Waals surface area contributed by atoms with E-state index in [0.29, 0.717) is 32.6 Å². The Morgan fingerprint density at radius 2 is 1.72 bits per heavy atom. The number of thioether (sulfide) groups is 1. The van der Waals surface area contributed by atoms with E-state index in [1.807, 2.05) is 13.0 Å². The highest BCUT2D eigenvalue weighted by Gasteiger charge is 2.53. The molecule has 3 aromatic carbocycles. The monoisotopic (exact) mass is 563 g/mol. The molecule has 5 atom stereocenters. The Kier molecular flexibility index (Phi) is 6.80. The summed E-state index contributed by atoms with van der Waals surface area (Å²) in [6, 6.07) is 14.8. The summed E-state index contributed by atoms with van der Waals surface area (Å²) >= 11 is 21.2. The lowest BCUT2D eigenvalue weighted by atomic mass is 9.76. The number of halogens is 3. The first kappa shape index (κ1) is 25.1. The molecular weight excluding hydrogens is 545 g/mol. The highest BCUT2D eigenvalue weighted by molar-refractivity contribution is 8.00. The third kappa shape index (κ3) is 4.30. The predicted octanol–water partition coefficient (Wildman–Crippen LogP) is 8.16. The fourth-order valence-corrected chi connectivity index (χ4v) is 7.90. The lowest BCUT2D eigenvalue weighted by Crippen LogP contribution is -2.32. The number of anilines is 1. The topological polar surface area (TPSA) is 98.3 Å². The Labute approximate surface area is 226 Å². The molecule has 0 bridgehead atoms. The van der Waals surface area contributed by atoms with Crippen LogP contribution in [-0.2, 0) is 0 Å². The molecule has 5 rings (SSSR count). The van der Waals surface area contributed by atoms with Crippen LogP contribution in [0.4, 0.5) is 17.1 Å². The minimum atomic E-state index is -0.505. The third-order valence-electron chi connectivity index (χ3n) is 6.99. The summed E-state index contributed by atoms with van der Waals surface area (Å²) in [4.78, 5) is 23.4. The van der Waals surface area contributed by atoms with E-state index in [0.717, 1.165) is 11.1 Å². The van der Waals surface area contributed by atoms with Crippen LogP contribution < -0.4 is 5.32 Å². The van der Waals surface area contributed by atoms with Gasteiger partial charge in [0.1, 0.15) is 0 Å². The Bertz CT molecular complexity index is 1390. The zero-order chi connectivity index (χ0) is 25.7. The molecule has 1 aliphatic heterocycles. The van der Waals surface area contributed by atoms with Gasteiger partial charge in [0, 0.05) is 39.0 Å². The fourth-order valence-electron chi connectivity index (χ4n) is 5.44. The van der Waals surface area contributed by atoms with Gasteiger partial charge in [-0.15, -0.1) is 23.4 Å². The predicted molar refractivity (Wildman–Crippen MR) is 144 cm³/mol. The number of para-hydroxylation sites is 1. The standard InChI is InChI=1S/C25H20Cl3N3O4S/c1-12-6-9-18(31(34)35)22-21-15(25(29-24(12)22)14-8-7-13(26)10-16(14)27)11-20(23(21)28)36-19-5-3-2-4-17(19)30(32)33/h2-10,15,20-21,23,25,29H,11H2,1H3/t15-,20+,21-,23+,25+/m0/s1. The molecule has 186 valence electrons. The molecule has 0 aromatic heterocycles. The molecule has 7 nitrogen and oxygen atoms in total. The fraction of sp³-hybridized carbons (Fsp3) is 0.280. The maximum absolute atomic E-state index is 12.0. The molecule has 1 aliphatic carbocycles. The quantitative estimate of drug-likeness (QED) is 0.191. The summed E-state index contributed by atoms with van der Waals surface area (Å²) in [6.45, 7) is 1.90. The summed E-state index contributed by atoms with van der Waals surface area (Å²) < 4.78 is 0. The Hall–Kier alpha value is -2.52. The number of alkyl halides is 1. The van der Waals surface area contributed by atoms with Crippen molar-refractivity contribution in [3.05, 3.63) is 102 Å². The summed E-state index contributed by atoms with van der Waals surface area (Å²) in [6.07, 6.45) is 0.580. The van der Waals surface area contributed by atoms with Gasteiger partial charge in [0.15, 0.2) is 0 Å². The van der Waals surface area contributed by atoms with Crippen molar-refractivity contribution >= 4 is 63.6 Å². The maximum Gasteiger partial charge on any atom is 0.282 e. The van der Waals surface area contributed by atoms with E-state index in [1.54, 1.807) is 36.4 Å². The van der Waals surface area contributed by atoms with Crippen LogP contribution in [0, 0.1) is 33.1 Å². The molecule has 0 saturated heterocycles. The number of nitro benzene ring substituents is 2. The lowest BCUT2D eigenvalue weighted by Gasteiger charge is -2.39. The van der Waals surface area contributed by atoms with E-state index in [4.69, 9.17) is 34.8 Å². The Balaban J connectivity index is 1.63. The largest absolute Gasteiger partial charge is 0.377 e. The molecular formula is C25H20Cl3N3O4S. The van der Waals surface area contributed by atoms with E-state index < -0.39 is 10.3 Å². The number of hydrogen-bond donors (Lipinski definition) is 1. The van der Waals surface area contributed by atoms with Gasteiger partial charge in [0.25, 0.3) is 11.4 Å². The first-order chi connectivity index (χ1) is 17.2. The third-order valence-corrected chi connectivity index (χ3v) is 9.67. The van der Waals surface area contributed by atoms with Gasteiger partial charge in [-0.05, 0) is 48.6 Å². The molecule has 3 aromatic rings. The molecule has 0 amide bonds. The van der Waals surface area contributed by atoms with E-state index in [9.17, 15) is 20.2 Å². The van der Waals surface area contributed by atoms with Crippen molar-refractivity contribution in [3.63, 3.8) is 0 Å². The van der Waals surface area contributed by atoms with Gasteiger partial charge in [-0.25, -0.2) is 0 Å². The number of fused-ring (bicyclic) bond motifs is 3. The second kappa shape index (κ2) is 9.74. The highest BCUT2D eigenvalue weighted by atomic mass is 35.5. The van der Waals surface area contributed by atoms with Crippen molar-refractivity contribution in [2.45, 2.75) is 40.8 Å². The minimum Gasteiger partial charge on any atom is -0.377 e. The first-order valence-electron chi connectivity index (χ1n) is 11.2. The zero-order valence-electron chi connectivity index (χ0n) is 18.9. The van der Waals surface area contributed by atoms with Gasteiger partial charge in [-0.2, -0.15) is 0 Å². The van der Waals surface area contributed by atoms with Gasteiger partial charge in [-0.3, -0.25) is 20.2 Å². The van der Waals surface area contributed by atoms with Crippen LogP contribution in [0.25, 0.3) is 0 Å². The Morgan fingerprint density at radius 3 is 2.42 bits per heavy atom. The molecule has 1 N–H and O–H groups in total. The van der Waals surface area contributed by atoms with Crippen molar-refractivity contribution in [2.75, 3.05) is 5.32 Å². The molecule has 0 spiro atoms. The number of aryl methyl sites for hydroxylation is 1. The average molecular weight is 565 g/mol. The van der Waals surface area contributed by atoms with Crippen molar-refractivity contribution < 1.29 is 9.85 Å². The number of nitrogens with zero attached hydrogens (tertiary/aromatic N) is 2. The van der Waals surface area contributed by atoms with Crippen LogP contribution in [0.2, 0.25) is 10.0 Å². The SMILES string of the molecule is Cc1ccc([N+](=O)[O-])c2c1N[C@H](c1ccc(Cl)cc1Cl)[C@H]1C[C@@H](Sc3ccccc3[N+](=O)[O-])[C@@H](Cl)[C@H]21. The van der Waals surface area contributed by atoms with Crippen LogP contribution in [-0.4, -0.2) is 20.5 Å². The number of hydrogen-bond acceptors (Lipinski definition) is 6. The summed E-state index contributed by atoms with van der Waals surface area (Å²) in [7, 11) is 0. The van der Waals surface area contributed by atoms with Crippen LogP contribution >= 0.6 is 46.6 Å². The van der Waals surface area contributed by atoms with Crippen LogP contribution in [0.5, 0.6) is 0 Å². The van der Waals surface area contributed by atoms with Crippen LogP contribution in [0.15, 0.2) is 59.5 Å². The number of rotatable bonds is 5. The second-order valence-corrected chi connectivity index (χ2v) is 11.6. The first-order valence-corrected chi connectivity index (χ1v) is 13.3. The van der Waals surface area contributed by atoms with Gasteiger partial charge >= 0.3 is 0 Å². The van der Waals surface area contributed by atoms with Crippen molar-refractivity contribution in [1.29, 1.82) is 0 Å². The van der Waals surface area contributed by atoms with E-state index >= 15 is 0 Å². The number of nitrogens with one attached hydrogen (secondary N) is 1. The summed E-state index contributed by atoms with van der Waals surface area (Å²) in [5, 5.41) is 27.4. The lowest BCUT2D eigenvalue weighted by molar-refractivity contribution is -0.387. The molecule has 0 radical (unpaired) electrons. The molecule has 1 fully saturated rings. The molecule has 1 saturated carbocycles. The number of nitro groups is 2. The van der Waals surface area contributed by atoms with E-state index in [1.165, 1.54) is 23.9 Å². The van der Waals surface area contributed by atoms with Crippen molar-refractivity contribution in [1.82, 2.24) is 0 Å². The van der Waals surface area contributed by atoms with E-state index in [2.05, 4.69) is 5.32 Å². The van der Waals surface area contributed by atoms with Crippen molar-refractivity contribution in [3.8, 4) is 0 Å². The van der Waals surface area contributed by atoms with Gasteiger partial charge in [0.05, 0.1) is 31.7 Å². The molecule has 1 heterocycles. The molecule has 11 heteroatoms. The summed E-state index contributed by atoms with van der Waals surface area (Å²) in [5.74, 6) is -0.500. The zero-order valence-corrected chi connectivity index (χ0v) is 21.9. The Morgan fingerprint density at radius 1 is 1.00 bits per heavy atom. The average Bonchev–Trinajstić information content (AvgIpc) is 3.15. The smallest absolute Gasteiger partial charge is 0.282 e. The normalized spacial score (nSPS) is 24.5. The number of benzene rings is 3. The summed E-state index contributed by atoms with van der Waals surface area (Å²) in [5.41, 5.74) is 2.98. The van der Waals surface area contributed by atoms with Crippen molar-refractivity contribution in [2.24, 2.45) is 5.92 Å².